The summed E-state index contributed by atoms with van der Waals surface area (Å²) < 4.78 is 1.08. The van der Waals surface area contributed by atoms with Crippen molar-refractivity contribution < 1.29 is 0 Å². The van der Waals surface area contributed by atoms with E-state index in [-0.39, 0.29) is 6.04 Å². The Balaban J connectivity index is 2.55. The normalized spacial score (nSPS) is 11.7. The first-order valence-corrected chi connectivity index (χ1v) is 6.15. The maximum atomic E-state index is 5.76. The van der Waals surface area contributed by atoms with E-state index in [1.807, 2.05) is 19.1 Å². The molecule has 0 aliphatic carbocycles. The van der Waals surface area contributed by atoms with E-state index in [0.717, 1.165) is 17.4 Å². The van der Waals surface area contributed by atoms with Gasteiger partial charge in [-0.15, -0.1) is 11.8 Å². The van der Waals surface area contributed by atoms with Crippen molar-refractivity contribution in [1.82, 2.24) is 5.32 Å². The third kappa shape index (κ3) is 4.36. The van der Waals surface area contributed by atoms with Crippen molar-refractivity contribution in [2.45, 2.75) is 19.4 Å². The molecule has 1 aromatic carbocycles. The predicted octanol–water partition coefficient (Wildman–Crippen LogP) is 2.45. The fourth-order valence-corrected chi connectivity index (χ4v) is 1.91. The van der Waals surface area contributed by atoms with Gasteiger partial charge >= 0.3 is 0 Å². The number of halogens is 1. The minimum absolute atomic E-state index is 0.205. The van der Waals surface area contributed by atoms with Gasteiger partial charge in [-0.3, -0.25) is 0 Å². The van der Waals surface area contributed by atoms with E-state index < -0.39 is 0 Å². The van der Waals surface area contributed by atoms with Crippen molar-refractivity contribution in [1.29, 1.82) is 0 Å². The molecular formula is C13H17BrN2. The quantitative estimate of drug-likeness (QED) is 0.642. The molecule has 0 bridgehead atoms. The van der Waals surface area contributed by atoms with Crippen molar-refractivity contribution >= 4 is 15.9 Å². The largest absolute Gasteiger partial charge is 0.329 e. The van der Waals surface area contributed by atoms with Gasteiger partial charge in [-0.05, 0) is 24.6 Å². The first kappa shape index (κ1) is 13.2. The zero-order valence-electron chi connectivity index (χ0n) is 9.46. The minimum atomic E-state index is 0.205. The molecule has 0 saturated carbocycles. The number of hydrogen-bond acceptors (Lipinski definition) is 2. The molecule has 0 aliphatic rings. The summed E-state index contributed by atoms with van der Waals surface area (Å²) in [5.74, 6) is 5.91. The number of nitrogens with one attached hydrogen (secondary N) is 1. The van der Waals surface area contributed by atoms with Crippen molar-refractivity contribution in [3.05, 3.63) is 34.3 Å². The Morgan fingerprint density at radius 1 is 1.50 bits per heavy atom. The summed E-state index contributed by atoms with van der Waals surface area (Å²) in [6.45, 7) is 3.32. The SMILES string of the molecule is CC#CCCNC(CN)c1cccc(Br)c1. The Hall–Kier alpha value is -0.820. The molecule has 0 spiro atoms. The summed E-state index contributed by atoms with van der Waals surface area (Å²) >= 11 is 3.46. The fraction of sp³-hybridized carbons (Fsp3) is 0.385. The van der Waals surface area contributed by atoms with Crippen molar-refractivity contribution in [2.24, 2.45) is 5.73 Å². The van der Waals surface area contributed by atoms with Crippen LogP contribution in [0.5, 0.6) is 0 Å². The van der Waals surface area contributed by atoms with E-state index in [4.69, 9.17) is 5.73 Å². The third-order valence-electron chi connectivity index (χ3n) is 2.30. The zero-order chi connectivity index (χ0) is 11.8. The van der Waals surface area contributed by atoms with Crippen molar-refractivity contribution in [3.8, 4) is 11.8 Å². The average molecular weight is 281 g/mol. The van der Waals surface area contributed by atoms with Gasteiger partial charge in [0.1, 0.15) is 0 Å². The van der Waals surface area contributed by atoms with Gasteiger partial charge in [-0.1, -0.05) is 28.1 Å². The predicted molar refractivity (Wildman–Crippen MR) is 72.0 cm³/mol. The van der Waals surface area contributed by atoms with Crippen LogP contribution in [0.25, 0.3) is 0 Å². The van der Waals surface area contributed by atoms with Crippen LogP contribution in [0.3, 0.4) is 0 Å². The second-order valence-corrected chi connectivity index (χ2v) is 4.39. The monoisotopic (exact) mass is 280 g/mol. The van der Waals surface area contributed by atoms with Crippen LogP contribution < -0.4 is 11.1 Å². The Labute approximate surface area is 106 Å². The highest BCUT2D eigenvalue weighted by Gasteiger charge is 2.07. The molecule has 0 saturated heterocycles. The van der Waals surface area contributed by atoms with E-state index in [0.29, 0.717) is 6.54 Å². The molecule has 0 amide bonds. The maximum Gasteiger partial charge on any atom is 0.0445 e. The van der Waals surface area contributed by atoms with Gasteiger partial charge in [0, 0.05) is 30.0 Å². The number of rotatable bonds is 5. The summed E-state index contributed by atoms with van der Waals surface area (Å²) in [7, 11) is 0. The smallest absolute Gasteiger partial charge is 0.0445 e. The first-order chi connectivity index (χ1) is 7.77. The number of nitrogens with two attached hydrogens (primary N) is 1. The second-order valence-electron chi connectivity index (χ2n) is 3.47. The molecule has 1 unspecified atom stereocenters. The lowest BCUT2D eigenvalue weighted by Crippen LogP contribution is -2.28. The molecule has 3 N–H and O–H groups in total. The summed E-state index contributed by atoms with van der Waals surface area (Å²) in [4.78, 5) is 0. The highest BCUT2D eigenvalue weighted by Crippen LogP contribution is 2.17. The molecule has 3 heteroatoms. The van der Waals surface area contributed by atoms with Gasteiger partial charge < -0.3 is 11.1 Å². The summed E-state index contributed by atoms with van der Waals surface area (Å²) in [5, 5.41) is 3.40. The van der Waals surface area contributed by atoms with Gasteiger partial charge in [-0.2, -0.15) is 0 Å². The van der Waals surface area contributed by atoms with Gasteiger partial charge in [0.2, 0.25) is 0 Å². The van der Waals surface area contributed by atoms with Gasteiger partial charge in [-0.25, -0.2) is 0 Å². The summed E-state index contributed by atoms with van der Waals surface area (Å²) in [6.07, 6.45) is 0.862. The molecule has 16 heavy (non-hydrogen) atoms. The second kappa shape index (κ2) is 7.45. The maximum absolute atomic E-state index is 5.76. The summed E-state index contributed by atoms with van der Waals surface area (Å²) in [5.41, 5.74) is 6.97. The first-order valence-electron chi connectivity index (χ1n) is 5.36. The molecule has 1 rings (SSSR count). The van der Waals surface area contributed by atoms with E-state index in [2.05, 4.69) is 45.2 Å². The van der Waals surface area contributed by atoms with Crippen LogP contribution >= 0.6 is 15.9 Å². The molecule has 0 aliphatic heterocycles. The number of hydrogen-bond donors (Lipinski definition) is 2. The molecular weight excluding hydrogens is 264 g/mol. The molecule has 1 atom stereocenters. The Morgan fingerprint density at radius 3 is 2.94 bits per heavy atom. The molecule has 0 heterocycles. The lowest BCUT2D eigenvalue weighted by Gasteiger charge is -2.16. The Morgan fingerprint density at radius 2 is 2.31 bits per heavy atom. The van der Waals surface area contributed by atoms with E-state index >= 15 is 0 Å². The van der Waals surface area contributed by atoms with Gasteiger partial charge in [0.15, 0.2) is 0 Å². The van der Waals surface area contributed by atoms with Crippen LogP contribution in [-0.2, 0) is 0 Å². The van der Waals surface area contributed by atoms with Crippen molar-refractivity contribution in [2.75, 3.05) is 13.1 Å². The topological polar surface area (TPSA) is 38.0 Å². The fourth-order valence-electron chi connectivity index (χ4n) is 1.49. The molecule has 0 radical (unpaired) electrons. The zero-order valence-corrected chi connectivity index (χ0v) is 11.0. The minimum Gasteiger partial charge on any atom is -0.329 e. The van der Waals surface area contributed by atoms with Crippen LogP contribution in [0.1, 0.15) is 24.9 Å². The lowest BCUT2D eigenvalue weighted by atomic mass is 10.1. The van der Waals surface area contributed by atoms with Crippen LogP contribution in [0, 0.1) is 11.8 Å². The summed E-state index contributed by atoms with van der Waals surface area (Å²) in [6, 6.07) is 8.42. The molecule has 2 nitrogen and oxygen atoms in total. The molecule has 86 valence electrons. The van der Waals surface area contributed by atoms with Crippen molar-refractivity contribution in [3.63, 3.8) is 0 Å². The molecule has 0 fully saturated rings. The third-order valence-corrected chi connectivity index (χ3v) is 2.80. The standard InChI is InChI=1S/C13H17BrN2/c1-2-3-4-8-16-13(10-15)11-6-5-7-12(14)9-11/h5-7,9,13,16H,4,8,10,15H2,1H3. The average Bonchev–Trinajstić information content (AvgIpc) is 2.29. The highest BCUT2D eigenvalue weighted by atomic mass is 79.9. The van der Waals surface area contributed by atoms with Gasteiger partial charge in [0.25, 0.3) is 0 Å². The van der Waals surface area contributed by atoms with Crippen LogP contribution in [0.4, 0.5) is 0 Å². The van der Waals surface area contributed by atoms with Crippen LogP contribution in [0.15, 0.2) is 28.7 Å². The Kier molecular flexibility index (Phi) is 6.17. The lowest BCUT2D eigenvalue weighted by molar-refractivity contribution is 0.550. The van der Waals surface area contributed by atoms with E-state index in [1.165, 1.54) is 5.56 Å². The number of benzene rings is 1. The van der Waals surface area contributed by atoms with E-state index in [1.54, 1.807) is 0 Å². The van der Waals surface area contributed by atoms with Gasteiger partial charge in [0.05, 0.1) is 0 Å². The molecule has 0 aromatic heterocycles. The Bertz CT molecular complexity index is 379. The highest BCUT2D eigenvalue weighted by molar-refractivity contribution is 9.10. The molecule has 1 aromatic rings. The van der Waals surface area contributed by atoms with Crippen LogP contribution in [-0.4, -0.2) is 13.1 Å². The van der Waals surface area contributed by atoms with Crippen LogP contribution in [0.2, 0.25) is 0 Å². The van der Waals surface area contributed by atoms with E-state index in [9.17, 15) is 0 Å².